The lowest BCUT2D eigenvalue weighted by Crippen LogP contribution is -2.20. The molecule has 0 aliphatic rings. The van der Waals surface area contributed by atoms with Crippen LogP contribution >= 0.6 is 22.6 Å². The smallest absolute Gasteiger partial charge is 0.262 e. The minimum atomic E-state index is -0.260. The van der Waals surface area contributed by atoms with Gasteiger partial charge in [-0.15, -0.1) is 0 Å². The third-order valence-electron chi connectivity index (χ3n) is 4.53. The number of rotatable bonds is 8. The number of halogens is 1. The fraction of sp³-hybridized carbons (Fsp3) is 0.154. The molecule has 0 spiro atoms. The Morgan fingerprint density at radius 1 is 1.09 bits per heavy atom. The average molecular weight is 538 g/mol. The molecule has 6 heteroatoms. The van der Waals surface area contributed by atoms with Gasteiger partial charge in [-0.2, -0.15) is 5.26 Å². The zero-order chi connectivity index (χ0) is 22.9. The minimum Gasteiger partial charge on any atom is -0.490 e. The standard InChI is InChI=1S/C26H23IN2O3/c1-3-31-24-15-19(13-21(16-28)20-11-9-18(2)10-12-20)14-23(27)26(24)32-17-25(30)29-22-7-5-4-6-8-22/h4-15H,3,17H2,1-2H3,(H,29,30)/b21-13-. The van der Waals surface area contributed by atoms with Crippen LogP contribution in [0.2, 0.25) is 0 Å². The number of hydrogen-bond acceptors (Lipinski definition) is 4. The van der Waals surface area contributed by atoms with Crippen LogP contribution in [0, 0.1) is 21.8 Å². The third-order valence-corrected chi connectivity index (χ3v) is 5.33. The lowest BCUT2D eigenvalue weighted by Gasteiger charge is -2.15. The molecule has 0 aromatic heterocycles. The molecule has 3 aromatic rings. The first-order chi connectivity index (χ1) is 15.5. The van der Waals surface area contributed by atoms with E-state index in [1.54, 1.807) is 0 Å². The topological polar surface area (TPSA) is 71.3 Å². The first-order valence-electron chi connectivity index (χ1n) is 10.1. The van der Waals surface area contributed by atoms with E-state index in [1.165, 1.54) is 0 Å². The fourth-order valence-corrected chi connectivity index (χ4v) is 3.79. The molecule has 1 amide bonds. The lowest BCUT2D eigenvalue weighted by molar-refractivity contribution is -0.118. The number of allylic oxidation sites excluding steroid dienone is 1. The molecule has 0 unspecified atom stereocenters. The van der Waals surface area contributed by atoms with Gasteiger partial charge in [-0.25, -0.2) is 0 Å². The summed E-state index contributed by atoms with van der Waals surface area (Å²) in [6, 6.07) is 23.0. The van der Waals surface area contributed by atoms with Crippen LogP contribution in [0.25, 0.3) is 11.6 Å². The number of nitriles is 1. The number of nitrogens with one attached hydrogen (secondary N) is 1. The molecule has 32 heavy (non-hydrogen) atoms. The summed E-state index contributed by atoms with van der Waals surface area (Å²) in [4.78, 5) is 12.3. The minimum absolute atomic E-state index is 0.146. The Morgan fingerprint density at radius 3 is 2.47 bits per heavy atom. The number of hydrogen-bond donors (Lipinski definition) is 1. The molecule has 0 heterocycles. The van der Waals surface area contributed by atoms with Crippen molar-refractivity contribution in [3.05, 3.63) is 87.0 Å². The zero-order valence-corrected chi connectivity index (χ0v) is 20.0. The molecule has 0 bridgehead atoms. The number of nitrogens with zero attached hydrogens (tertiary/aromatic N) is 1. The molecular weight excluding hydrogens is 515 g/mol. The molecule has 0 radical (unpaired) electrons. The Kier molecular flexibility index (Phi) is 8.28. The zero-order valence-electron chi connectivity index (χ0n) is 17.9. The third kappa shape index (κ3) is 6.34. The van der Waals surface area contributed by atoms with Crippen molar-refractivity contribution >= 4 is 45.8 Å². The molecule has 162 valence electrons. The van der Waals surface area contributed by atoms with Gasteiger partial charge in [-0.1, -0.05) is 48.0 Å². The van der Waals surface area contributed by atoms with Crippen LogP contribution in [0.1, 0.15) is 23.6 Å². The number of benzene rings is 3. The Morgan fingerprint density at radius 2 is 1.81 bits per heavy atom. The van der Waals surface area contributed by atoms with Crippen LogP contribution in [-0.2, 0) is 4.79 Å². The number of carbonyl (C=O) groups excluding carboxylic acids is 1. The molecule has 5 nitrogen and oxygen atoms in total. The van der Waals surface area contributed by atoms with Crippen molar-refractivity contribution in [2.75, 3.05) is 18.5 Å². The predicted molar refractivity (Wildman–Crippen MR) is 136 cm³/mol. The highest BCUT2D eigenvalue weighted by molar-refractivity contribution is 14.1. The van der Waals surface area contributed by atoms with Gasteiger partial charge in [-0.05, 0) is 77.9 Å². The summed E-state index contributed by atoms with van der Waals surface area (Å²) in [7, 11) is 0. The van der Waals surface area contributed by atoms with E-state index in [-0.39, 0.29) is 12.5 Å². The molecule has 0 saturated heterocycles. The van der Waals surface area contributed by atoms with Crippen LogP contribution in [-0.4, -0.2) is 19.1 Å². The van der Waals surface area contributed by atoms with E-state index >= 15 is 0 Å². The van der Waals surface area contributed by atoms with Crippen LogP contribution in [0.15, 0.2) is 66.7 Å². The Bertz CT molecular complexity index is 1150. The monoisotopic (exact) mass is 538 g/mol. The van der Waals surface area contributed by atoms with Crippen molar-refractivity contribution in [1.29, 1.82) is 5.26 Å². The predicted octanol–water partition coefficient (Wildman–Crippen LogP) is 6.08. The molecule has 0 atom stereocenters. The fourth-order valence-electron chi connectivity index (χ4n) is 3.01. The number of amides is 1. The second-order valence-electron chi connectivity index (χ2n) is 7.00. The molecule has 3 rings (SSSR count). The van der Waals surface area contributed by atoms with Gasteiger partial charge in [0.2, 0.25) is 0 Å². The molecule has 1 N–H and O–H groups in total. The first-order valence-corrected chi connectivity index (χ1v) is 11.2. The van der Waals surface area contributed by atoms with Crippen LogP contribution in [0.4, 0.5) is 5.69 Å². The van der Waals surface area contributed by atoms with E-state index in [2.05, 4.69) is 34.0 Å². The van der Waals surface area contributed by atoms with Gasteiger partial charge in [-0.3, -0.25) is 4.79 Å². The van der Waals surface area contributed by atoms with Gasteiger partial charge in [0.05, 0.1) is 21.8 Å². The van der Waals surface area contributed by atoms with Gasteiger partial charge >= 0.3 is 0 Å². The number of ether oxygens (including phenoxy) is 2. The van der Waals surface area contributed by atoms with Crippen molar-refractivity contribution < 1.29 is 14.3 Å². The van der Waals surface area contributed by atoms with E-state index in [1.807, 2.05) is 86.7 Å². The van der Waals surface area contributed by atoms with Crippen LogP contribution < -0.4 is 14.8 Å². The molecular formula is C26H23IN2O3. The summed E-state index contributed by atoms with van der Waals surface area (Å²) in [5, 5.41) is 12.5. The molecule has 3 aromatic carbocycles. The summed E-state index contributed by atoms with van der Waals surface area (Å²) in [5.41, 5.74) is 4.07. The van der Waals surface area contributed by atoms with Crippen LogP contribution in [0.5, 0.6) is 11.5 Å². The van der Waals surface area contributed by atoms with Crippen molar-refractivity contribution in [3.8, 4) is 17.6 Å². The van der Waals surface area contributed by atoms with E-state index in [4.69, 9.17) is 9.47 Å². The van der Waals surface area contributed by atoms with Crippen molar-refractivity contribution in [2.45, 2.75) is 13.8 Å². The van der Waals surface area contributed by atoms with Gasteiger partial charge in [0.25, 0.3) is 5.91 Å². The molecule has 0 fully saturated rings. The van der Waals surface area contributed by atoms with Gasteiger partial charge in [0, 0.05) is 5.69 Å². The van der Waals surface area contributed by atoms with E-state index < -0.39 is 0 Å². The van der Waals surface area contributed by atoms with Gasteiger partial charge in [0.15, 0.2) is 18.1 Å². The summed E-state index contributed by atoms with van der Waals surface area (Å²) in [5.74, 6) is 0.769. The second-order valence-corrected chi connectivity index (χ2v) is 8.16. The number of anilines is 1. The van der Waals surface area contributed by atoms with Crippen molar-refractivity contribution in [2.24, 2.45) is 0 Å². The molecule has 0 aliphatic carbocycles. The Hall–Kier alpha value is -3.31. The van der Waals surface area contributed by atoms with E-state index in [0.717, 1.165) is 20.3 Å². The largest absolute Gasteiger partial charge is 0.490 e. The maximum absolute atomic E-state index is 12.3. The average Bonchev–Trinajstić information content (AvgIpc) is 2.78. The Labute approximate surface area is 201 Å². The highest BCUT2D eigenvalue weighted by Crippen LogP contribution is 2.35. The molecule has 0 saturated carbocycles. The number of aryl methyl sites for hydroxylation is 1. The van der Waals surface area contributed by atoms with E-state index in [0.29, 0.717) is 29.4 Å². The quantitative estimate of drug-likeness (QED) is 0.215. The summed E-state index contributed by atoms with van der Waals surface area (Å²) < 4.78 is 12.4. The molecule has 0 aliphatic heterocycles. The first kappa shape index (κ1) is 23.4. The highest BCUT2D eigenvalue weighted by atomic mass is 127. The second kappa shape index (κ2) is 11.3. The maximum Gasteiger partial charge on any atom is 0.262 e. The number of carbonyl (C=O) groups is 1. The van der Waals surface area contributed by atoms with Crippen molar-refractivity contribution in [1.82, 2.24) is 0 Å². The lowest BCUT2D eigenvalue weighted by atomic mass is 10.0. The Balaban J connectivity index is 1.82. The summed E-state index contributed by atoms with van der Waals surface area (Å²) >= 11 is 2.15. The van der Waals surface area contributed by atoms with Crippen LogP contribution in [0.3, 0.4) is 0 Å². The van der Waals surface area contributed by atoms with Gasteiger partial charge in [0.1, 0.15) is 0 Å². The summed E-state index contributed by atoms with van der Waals surface area (Å²) in [6.07, 6.45) is 1.82. The maximum atomic E-state index is 12.3. The van der Waals surface area contributed by atoms with Crippen molar-refractivity contribution in [3.63, 3.8) is 0 Å². The van der Waals surface area contributed by atoms with E-state index in [9.17, 15) is 10.1 Å². The SMILES string of the molecule is CCOc1cc(/C=C(/C#N)c2ccc(C)cc2)cc(I)c1OCC(=O)Nc1ccccc1. The van der Waals surface area contributed by atoms with Gasteiger partial charge < -0.3 is 14.8 Å². The number of para-hydroxylation sites is 1. The summed E-state index contributed by atoms with van der Waals surface area (Å²) in [6.45, 7) is 4.19. The highest BCUT2D eigenvalue weighted by Gasteiger charge is 2.14. The normalized spacial score (nSPS) is 10.9.